The minimum Gasteiger partial charge on any atom is -0.508 e. The number of hydrogen-bond donors (Lipinski definition) is 4. The summed E-state index contributed by atoms with van der Waals surface area (Å²) in [5.74, 6) is -1.89. The molecule has 2 atom stereocenters. The molecule has 202 valence electrons. The van der Waals surface area contributed by atoms with Gasteiger partial charge in [0.25, 0.3) is 0 Å². The van der Waals surface area contributed by atoms with Crippen LogP contribution in [0, 0.1) is 0 Å². The van der Waals surface area contributed by atoms with E-state index < -0.39 is 53.5 Å². The predicted molar refractivity (Wildman–Crippen MR) is 137 cm³/mol. The Balaban J connectivity index is 3.48. The van der Waals surface area contributed by atoms with Crippen LogP contribution in [0.25, 0.3) is 0 Å². The van der Waals surface area contributed by atoms with Crippen LogP contribution in [-0.4, -0.2) is 57.5 Å². The largest absolute Gasteiger partial charge is 0.508 e. The summed E-state index contributed by atoms with van der Waals surface area (Å²) < 4.78 is 5.27. The lowest BCUT2D eigenvalue weighted by molar-refractivity contribution is -0.149. The minimum absolute atomic E-state index is 0.00712. The fourth-order valence-electron chi connectivity index (χ4n) is 3.62. The lowest BCUT2D eigenvalue weighted by Gasteiger charge is -2.43. The Hall–Kier alpha value is -3.30. The first kappa shape index (κ1) is 30.7. The van der Waals surface area contributed by atoms with E-state index in [1.807, 2.05) is 0 Å². The van der Waals surface area contributed by atoms with Crippen LogP contribution in [0.1, 0.15) is 85.8 Å². The highest BCUT2D eigenvalue weighted by atomic mass is 16.6. The second kappa shape index (κ2) is 13.1. The van der Waals surface area contributed by atoms with Crippen LogP contribution in [-0.2, 0) is 19.1 Å². The summed E-state index contributed by atoms with van der Waals surface area (Å²) in [5, 5.41) is 15.1. The van der Waals surface area contributed by atoms with Crippen LogP contribution >= 0.6 is 0 Å². The zero-order chi connectivity index (χ0) is 27.7. The number of nitrogens with zero attached hydrogens (tertiary/aromatic N) is 1. The van der Waals surface area contributed by atoms with Gasteiger partial charge < -0.3 is 31.1 Å². The topological polar surface area (TPSA) is 151 Å². The van der Waals surface area contributed by atoms with Gasteiger partial charge in [0, 0.05) is 12.1 Å². The van der Waals surface area contributed by atoms with Crippen molar-refractivity contribution in [1.29, 1.82) is 0 Å². The molecule has 10 nitrogen and oxygen atoms in total. The molecule has 2 unspecified atom stereocenters. The van der Waals surface area contributed by atoms with Gasteiger partial charge in [-0.15, -0.1) is 0 Å². The predicted octanol–water partition coefficient (Wildman–Crippen LogP) is 3.14. The quantitative estimate of drug-likeness (QED) is 0.339. The van der Waals surface area contributed by atoms with E-state index in [1.54, 1.807) is 53.7 Å². The number of nitrogens with one attached hydrogen (secondary N) is 2. The number of rotatable bonds is 11. The highest BCUT2D eigenvalue weighted by Gasteiger charge is 2.42. The monoisotopic (exact) mass is 506 g/mol. The Labute approximate surface area is 213 Å². The molecule has 1 aromatic carbocycles. The van der Waals surface area contributed by atoms with Crippen LogP contribution < -0.4 is 16.4 Å². The van der Waals surface area contributed by atoms with Crippen molar-refractivity contribution in [2.75, 3.05) is 6.54 Å². The lowest BCUT2D eigenvalue weighted by atomic mass is 9.94. The van der Waals surface area contributed by atoms with Gasteiger partial charge in [-0.1, -0.05) is 31.9 Å². The Kier molecular flexibility index (Phi) is 11.2. The maximum absolute atomic E-state index is 13.9. The van der Waals surface area contributed by atoms with Gasteiger partial charge in [0.05, 0.1) is 6.42 Å². The Morgan fingerprint density at radius 1 is 1.03 bits per heavy atom. The fraction of sp³-hybridized carbons (Fsp3) is 0.615. The number of benzene rings is 1. The van der Waals surface area contributed by atoms with Crippen LogP contribution in [0.2, 0.25) is 0 Å². The molecule has 0 bridgehead atoms. The molecule has 0 aliphatic rings. The van der Waals surface area contributed by atoms with Gasteiger partial charge in [0.15, 0.2) is 0 Å². The summed E-state index contributed by atoms with van der Waals surface area (Å²) in [7, 11) is 0. The average Bonchev–Trinajstić information content (AvgIpc) is 2.72. The number of unbranched alkanes of at least 4 members (excludes halogenated alkanes) is 2. The fourth-order valence-corrected chi connectivity index (χ4v) is 3.62. The van der Waals surface area contributed by atoms with Gasteiger partial charge in [0.2, 0.25) is 17.7 Å². The zero-order valence-corrected chi connectivity index (χ0v) is 22.5. The molecule has 0 aliphatic heterocycles. The molecule has 0 heterocycles. The van der Waals surface area contributed by atoms with Crippen LogP contribution in [0.3, 0.4) is 0 Å². The smallest absolute Gasteiger partial charge is 0.408 e. The number of aromatic hydroxyl groups is 1. The zero-order valence-electron chi connectivity index (χ0n) is 22.5. The summed E-state index contributed by atoms with van der Waals surface area (Å²) in [6.45, 7) is 12.7. The molecule has 0 radical (unpaired) electrons. The van der Waals surface area contributed by atoms with Crippen LogP contribution in [0.5, 0.6) is 5.75 Å². The molecule has 0 saturated heterocycles. The number of hydrogen-bond acceptors (Lipinski definition) is 6. The van der Waals surface area contributed by atoms with Crippen molar-refractivity contribution in [2.45, 2.75) is 97.4 Å². The third-order valence-electron chi connectivity index (χ3n) is 5.15. The van der Waals surface area contributed by atoms with Crippen molar-refractivity contribution in [1.82, 2.24) is 15.5 Å². The highest BCUT2D eigenvalue weighted by Crippen LogP contribution is 2.31. The number of carbonyl (C=O) groups is 4. The first-order valence-electron chi connectivity index (χ1n) is 12.2. The van der Waals surface area contributed by atoms with Gasteiger partial charge >= 0.3 is 6.09 Å². The molecule has 0 fully saturated rings. The van der Waals surface area contributed by atoms with Crippen molar-refractivity contribution in [3.63, 3.8) is 0 Å². The number of phenols is 1. The van der Waals surface area contributed by atoms with Crippen molar-refractivity contribution in [2.24, 2.45) is 5.73 Å². The third kappa shape index (κ3) is 10.1. The summed E-state index contributed by atoms with van der Waals surface area (Å²) in [4.78, 5) is 53.0. The number of amides is 4. The SMILES string of the molecule is CCCCCNC(=O)C(c1ccc(O)cc1)N(C(=O)C(CC(N)=O)NC(=O)OC(C)(C)C)C(C)(C)C. The van der Waals surface area contributed by atoms with Crippen molar-refractivity contribution < 1.29 is 29.0 Å². The van der Waals surface area contributed by atoms with Gasteiger partial charge in [-0.2, -0.15) is 0 Å². The summed E-state index contributed by atoms with van der Waals surface area (Å²) in [6.07, 6.45) is 1.33. The minimum atomic E-state index is -1.36. The maximum atomic E-state index is 13.9. The highest BCUT2D eigenvalue weighted by molar-refractivity contribution is 5.95. The van der Waals surface area contributed by atoms with E-state index in [2.05, 4.69) is 17.6 Å². The summed E-state index contributed by atoms with van der Waals surface area (Å²) in [5.41, 5.74) is 4.11. The normalized spacial score (nSPS) is 13.3. The van der Waals surface area contributed by atoms with Gasteiger partial charge in [-0.3, -0.25) is 14.4 Å². The number of primary amides is 1. The molecule has 4 amide bonds. The molecular formula is C26H42N4O6. The summed E-state index contributed by atoms with van der Waals surface area (Å²) >= 11 is 0. The molecule has 5 N–H and O–H groups in total. The van der Waals surface area contributed by atoms with E-state index >= 15 is 0 Å². The first-order chi connectivity index (χ1) is 16.6. The number of nitrogens with two attached hydrogens (primary N) is 1. The summed E-state index contributed by atoms with van der Waals surface area (Å²) in [6, 6.07) is 3.51. The standard InChI is InChI=1S/C26H42N4O6/c1-8-9-10-15-28-22(33)21(17-11-13-18(31)14-12-17)30(25(2,3)4)23(34)19(16-20(27)32)29-24(35)36-26(5,6)7/h11-14,19,21,31H,8-10,15-16H2,1-7H3,(H2,27,32)(H,28,33)(H,29,35). The second-order valence-electron chi connectivity index (χ2n) is 10.7. The number of carbonyl (C=O) groups excluding carboxylic acids is 4. The van der Waals surface area contributed by atoms with Crippen molar-refractivity contribution in [3.8, 4) is 5.75 Å². The Morgan fingerprint density at radius 3 is 2.08 bits per heavy atom. The first-order valence-corrected chi connectivity index (χ1v) is 12.2. The second-order valence-corrected chi connectivity index (χ2v) is 10.7. The molecule has 10 heteroatoms. The molecule has 0 aliphatic carbocycles. The molecule has 0 saturated carbocycles. The number of ether oxygens (including phenoxy) is 1. The lowest BCUT2D eigenvalue weighted by Crippen LogP contribution is -2.59. The Bertz CT molecular complexity index is 902. The third-order valence-corrected chi connectivity index (χ3v) is 5.15. The van der Waals surface area contributed by atoms with E-state index in [1.165, 1.54) is 17.0 Å². The number of alkyl carbamates (subject to hydrolysis) is 1. The van der Waals surface area contributed by atoms with Crippen LogP contribution in [0.4, 0.5) is 4.79 Å². The van der Waals surface area contributed by atoms with E-state index in [4.69, 9.17) is 10.5 Å². The molecule has 0 spiro atoms. The molecule has 1 rings (SSSR count). The maximum Gasteiger partial charge on any atom is 0.408 e. The van der Waals surface area contributed by atoms with Gasteiger partial charge in [-0.05, 0) is 65.7 Å². The van der Waals surface area contributed by atoms with E-state index in [0.29, 0.717) is 12.1 Å². The van der Waals surface area contributed by atoms with Crippen molar-refractivity contribution >= 4 is 23.8 Å². The van der Waals surface area contributed by atoms with Gasteiger partial charge in [0.1, 0.15) is 23.4 Å². The van der Waals surface area contributed by atoms with Gasteiger partial charge in [-0.25, -0.2) is 4.79 Å². The Morgan fingerprint density at radius 2 is 1.61 bits per heavy atom. The molecule has 0 aromatic heterocycles. The average molecular weight is 507 g/mol. The van der Waals surface area contributed by atoms with E-state index in [-0.39, 0.29) is 5.75 Å². The van der Waals surface area contributed by atoms with E-state index in [0.717, 1.165) is 19.3 Å². The van der Waals surface area contributed by atoms with Crippen LogP contribution in [0.15, 0.2) is 24.3 Å². The molecular weight excluding hydrogens is 464 g/mol. The molecule has 1 aromatic rings. The molecule has 36 heavy (non-hydrogen) atoms. The van der Waals surface area contributed by atoms with Crippen molar-refractivity contribution in [3.05, 3.63) is 29.8 Å². The van der Waals surface area contributed by atoms with E-state index in [9.17, 15) is 24.3 Å². The number of phenolic OH excluding ortho intramolecular Hbond substituents is 1.